The summed E-state index contributed by atoms with van der Waals surface area (Å²) in [6, 6.07) is 0.0396. The number of hydrogen-bond donors (Lipinski definition) is 1. The standard InChI is InChI=1S/C12H25NO3S/c1-5-9(2)11(13-4)8-17(14,15)12-6-7-16-10(12)3/h9-13H,5-8H2,1-4H3. The van der Waals surface area contributed by atoms with Crippen LogP contribution in [0.3, 0.4) is 0 Å². The quantitative estimate of drug-likeness (QED) is 0.782. The first-order valence-electron chi connectivity index (χ1n) is 6.42. The molecule has 1 heterocycles. The maximum Gasteiger partial charge on any atom is 0.157 e. The lowest BCUT2D eigenvalue weighted by Crippen LogP contribution is -2.42. The van der Waals surface area contributed by atoms with Crippen molar-refractivity contribution in [3.8, 4) is 0 Å². The second kappa shape index (κ2) is 6.16. The third-order valence-electron chi connectivity index (χ3n) is 3.88. The van der Waals surface area contributed by atoms with Crippen LogP contribution in [0.5, 0.6) is 0 Å². The molecule has 4 nitrogen and oxygen atoms in total. The van der Waals surface area contributed by atoms with Crippen molar-refractivity contribution in [2.45, 2.75) is 51.0 Å². The zero-order valence-corrected chi connectivity index (χ0v) is 12.1. The molecule has 102 valence electrons. The molecule has 1 aliphatic heterocycles. The van der Waals surface area contributed by atoms with E-state index in [0.29, 0.717) is 18.9 Å². The van der Waals surface area contributed by atoms with Gasteiger partial charge >= 0.3 is 0 Å². The monoisotopic (exact) mass is 263 g/mol. The molecule has 1 fully saturated rings. The van der Waals surface area contributed by atoms with E-state index in [4.69, 9.17) is 4.74 Å². The molecule has 0 amide bonds. The van der Waals surface area contributed by atoms with Gasteiger partial charge in [0.2, 0.25) is 0 Å². The van der Waals surface area contributed by atoms with Crippen LogP contribution >= 0.6 is 0 Å². The van der Waals surface area contributed by atoms with Crippen molar-refractivity contribution in [3.05, 3.63) is 0 Å². The fourth-order valence-electron chi connectivity index (χ4n) is 2.37. The van der Waals surface area contributed by atoms with Crippen LogP contribution in [-0.4, -0.2) is 45.2 Å². The molecule has 0 saturated carbocycles. The zero-order valence-electron chi connectivity index (χ0n) is 11.3. The Bertz CT molecular complexity index is 329. The van der Waals surface area contributed by atoms with Gasteiger partial charge in [0.25, 0.3) is 0 Å². The highest BCUT2D eigenvalue weighted by Gasteiger charge is 2.37. The molecule has 1 N–H and O–H groups in total. The van der Waals surface area contributed by atoms with Crippen molar-refractivity contribution >= 4 is 9.84 Å². The highest BCUT2D eigenvalue weighted by molar-refractivity contribution is 7.92. The Morgan fingerprint density at radius 1 is 1.47 bits per heavy atom. The lowest BCUT2D eigenvalue weighted by molar-refractivity contribution is 0.126. The molecule has 4 atom stereocenters. The second-order valence-corrected chi connectivity index (χ2v) is 7.28. The van der Waals surface area contributed by atoms with Gasteiger partial charge in [-0.15, -0.1) is 0 Å². The normalized spacial score (nSPS) is 29.2. The molecule has 1 saturated heterocycles. The molecule has 1 rings (SSSR count). The molecule has 17 heavy (non-hydrogen) atoms. The Labute approximate surface area is 105 Å². The number of sulfone groups is 1. The predicted octanol–water partition coefficient (Wildman–Crippen LogP) is 1.21. The molecule has 4 unspecified atom stereocenters. The van der Waals surface area contributed by atoms with Gasteiger partial charge in [0.1, 0.15) is 0 Å². The average Bonchev–Trinajstić information content (AvgIpc) is 2.72. The molecule has 0 aliphatic carbocycles. The number of nitrogens with one attached hydrogen (secondary N) is 1. The molecule has 0 spiro atoms. The third-order valence-corrected chi connectivity index (χ3v) is 6.25. The Kier molecular flexibility index (Phi) is 5.41. The van der Waals surface area contributed by atoms with E-state index in [1.54, 1.807) is 0 Å². The van der Waals surface area contributed by atoms with Crippen molar-refractivity contribution < 1.29 is 13.2 Å². The third kappa shape index (κ3) is 3.66. The first-order valence-corrected chi connectivity index (χ1v) is 8.14. The van der Waals surface area contributed by atoms with E-state index in [9.17, 15) is 8.42 Å². The maximum atomic E-state index is 12.3. The summed E-state index contributed by atoms with van der Waals surface area (Å²) in [5.74, 6) is 0.587. The molecule has 0 radical (unpaired) electrons. The van der Waals surface area contributed by atoms with Crippen molar-refractivity contribution in [3.63, 3.8) is 0 Å². The van der Waals surface area contributed by atoms with Crippen molar-refractivity contribution in [1.82, 2.24) is 5.32 Å². The van der Waals surface area contributed by atoms with Crippen LogP contribution < -0.4 is 5.32 Å². The molecule has 0 aromatic carbocycles. The van der Waals surface area contributed by atoms with E-state index in [2.05, 4.69) is 19.2 Å². The fourth-order valence-corrected chi connectivity index (χ4v) is 4.73. The minimum atomic E-state index is -3.06. The highest BCUT2D eigenvalue weighted by atomic mass is 32.2. The summed E-state index contributed by atoms with van der Waals surface area (Å²) in [4.78, 5) is 0. The largest absolute Gasteiger partial charge is 0.377 e. The summed E-state index contributed by atoms with van der Waals surface area (Å²) in [7, 11) is -1.23. The summed E-state index contributed by atoms with van der Waals surface area (Å²) >= 11 is 0. The summed E-state index contributed by atoms with van der Waals surface area (Å²) in [6.07, 6.45) is 1.47. The van der Waals surface area contributed by atoms with Crippen LogP contribution in [0, 0.1) is 5.92 Å². The second-order valence-electron chi connectivity index (χ2n) is 5.01. The van der Waals surface area contributed by atoms with Crippen molar-refractivity contribution in [2.75, 3.05) is 19.4 Å². The van der Waals surface area contributed by atoms with Crippen LogP contribution in [0.25, 0.3) is 0 Å². The number of rotatable bonds is 6. The highest BCUT2D eigenvalue weighted by Crippen LogP contribution is 2.23. The topological polar surface area (TPSA) is 55.4 Å². The van der Waals surface area contributed by atoms with E-state index in [1.807, 2.05) is 14.0 Å². The first kappa shape index (κ1) is 14.9. The van der Waals surface area contributed by atoms with E-state index in [0.717, 1.165) is 6.42 Å². The molecule has 0 aromatic heterocycles. The van der Waals surface area contributed by atoms with Crippen LogP contribution in [0.1, 0.15) is 33.6 Å². The average molecular weight is 263 g/mol. The van der Waals surface area contributed by atoms with E-state index < -0.39 is 9.84 Å². The minimum absolute atomic E-state index is 0.0396. The summed E-state index contributed by atoms with van der Waals surface area (Å²) in [6.45, 7) is 6.60. The smallest absolute Gasteiger partial charge is 0.157 e. The SMILES string of the molecule is CCC(C)C(CS(=O)(=O)C1CCOC1C)NC. The minimum Gasteiger partial charge on any atom is -0.377 e. The fraction of sp³-hybridized carbons (Fsp3) is 1.00. The number of ether oxygens (including phenoxy) is 1. The van der Waals surface area contributed by atoms with Gasteiger partial charge in [0, 0.05) is 12.6 Å². The summed E-state index contributed by atoms with van der Waals surface area (Å²) in [5, 5.41) is 2.81. The van der Waals surface area contributed by atoms with Crippen LogP contribution in [0.15, 0.2) is 0 Å². The van der Waals surface area contributed by atoms with Crippen molar-refractivity contribution in [1.29, 1.82) is 0 Å². The lowest BCUT2D eigenvalue weighted by atomic mass is 10.0. The van der Waals surface area contributed by atoms with Gasteiger partial charge in [-0.1, -0.05) is 20.3 Å². The molecule has 0 bridgehead atoms. The maximum absolute atomic E-state index is 12.3. The van der Waals surface area contributed by atoms with Crippen LogP contribution in [-0.2, 0) is 14.6 Å². The molecule has 1 aliphatic rings. The van der Waals surface area contributed by atoms with Gasteiger partial charge in [-0.3, -0.25) is 0 Å². The number of hydrogen-bond acceptors (Lipinski definition) is 4. The molecule has 0 aromatic rings. The molecule has 5 heteroatoms. The Balaban J connectivity index is 2.71. The Morgan fingerprint density at radius 2 is 2.12 bits per heavy atom. The van der Waals surface area contributed by atoms with Crippen molar-refractivity contribution in [2.24, 2.45) is 5.92 Å². The van der Waals surface area contributed by atoms with E-state index >= 15 is 0 Å². The summed E-state index contributed by atoms with van der Waals surface area (Å²) < 4.78 is 30.0. The van der Waals surface area contributed by atoms with E-state index in [1.165, 1.54) is 0 Å². The molecular formula is C12H25NO3S. The van der Waals surface area contributed by atoms with Crippen LogP contribution in [0.2, 0.25) is 0 Å². The van der Waals surface area contributed by atoms with E-state index in [-0.39, 0.29) is 23.1 Å². The van der Waals surface area contributed by atoms with Gasteiger partial charge in [0.15, 0.2) is 9.84 Å². The lowest BCUT2D eigenvalue weighted by Gasteiger charge is -2.24. The first-order chi connectivity index (χ1) is 7.92. The zero-order chi connectivity index (χ0) is 13.1. The van der Waals surface area contributed by atoms with Gasteiger partial charge in [-0.2, -0.15) is 0 Å². The Morgan fingerprint density at radius 3 is 2.53 bits per heavy atom. The van der Waals surface area contributed by atoms with Gasteiger partial charge in [0.05, 0.1) is 17.1 Å². The summed E-state index contributed by atoms with van der Waals surface area (Å²) in [5.41, 5.74) is 0. The van der Waals surface area contributed by atoms with Gasteiger partial charge in [-0.25, -0.2) is 8.42 Å². The Hall–Kier alpha value is -0.130. The van der Waals surface area contributed by atoms with Gasteiger partial charge < -0.3 is 10.1 Å². The van der Waals surface area contributed by atoms with Gasteiger partial charge in [-0.05, 0) is 26.3 Å². The molecular weight excluding hydrogens is 238 g/mol. The van der Waals surface area contributed by atoms with Crippen LogP contribution in [0.4, 0.5) is 0 Å². The predicted molar refractivity (Wildman–Crippen MR) is 69.9 cm³/mol.